The molecule has 2 atom stereocenters. The first-order valence-electron chi connectivity index (χ1n) is 7.52. The molecule has 8 nitrogen and oxygen atoms in total. The van der Waals surface area contributed by atoms with Crippen LogP contribution in [-0.2, 0) is 11.2 Å². The van der Waals surface area contributed by atoms with Gasteiger partial charge in [0.1, 0.15) is 5.82 Å². The Hall–Kier alpha value is -2.22. The minimum atomic E-state index is -0.272. The highest BCUT2D eigenvalue weighted by Gasteiger charge is 2.26. The van der Waals surface area contributed by atoms with E-state index in [0.717, 1.165) is 31.0 Å². The maximum Gasteiger partial charge on any atom is 0.255 e. The molecule has 1 amide bonds. The van der Waals surface area contributed by atoms with Gasteiger partial charge in [0.15, 0.2) is 5.82 Å². The second-order valence-corrected chi connectivity index (χ2v) is 5.45. The molecule has 1 saturated heterocycles. The van der Waals surface area contributed by atoms with Crippen LogP contribution in [0.2, 0.25) is 0 Å². The van der Waals surface area contributed by atoms with Crippen molar-refractivity contribution in [1.29, 1.82) is 0 Å². The third-order valence-electron chi connectivity index (χ3n) is 3.87. The number of nitrogens with zero attached hydrogens (tertiary/aromatic N) is 3. The highest BCUT2D eigenvalue weighted by molar-refractivity contribution is 5.95. The molecule has 0 radical (unpaired) electrons. The van der Waals surface area contributed by atoms with Gasteiger partial charge in [0.25, 0.3) is 5.91 Å². The fourth-order valence-electron chi connectivity index (χ4n) is 2.55. The zero-order valence-electron chi connectivity index (χ0n) is 12.7. The molecule has 0 saturated carbocycles. The van der Waals surface area contributed by atoms with Crippen LogP contribution in [0.25, 0.3) is 0 Å². The molecule has 1 aliphatic rings. The zero-order chi connectivity index (χ0) is 15.5. The summed E-state index contributed by atoms with van der Waals surface area (Å²) in [7, 11) is 0. The minimum absolute atomic E-state index is 0.175. The van der Waals surface area contributed by atoms with Crippen molar-refractivity contribution in [3.05, 3.63) is 29.1 Å². The molecule has 3 heterocycles. The zero-order valence-corrected chi connectivity index (χ0v) is 12.7. The van der Waals surface area contributed by atoms with E-state index in [1.54, 1.807) is 6.20 Å². The van der Waals surface area contributed by atoms with Crippen molar-refractivity contribution in [2.75, 3.05) is 13.2 Å². The molecule has 0 unspecified atom stereocenters. The van der Waals surface area contributed by atoms with Crippen LogP contribution in [0.15, 0.2) is 6.20 Å². The Morgan fingerprint density at radius 2 is 2.41 bits per heavy atom. The number of H-pyrrole nitrogens is 2. The summed E-state index contributed by atoms with van der Waals surface area (Å²) in [6.07, 6.45) is 3.24. The Morgan fingerprint density at radius 3 is 3.09 bits per heavy atom. The number of aryl methyl sites for hydroxylation is 1. The average molecular weight is 304 g/mol. The second-order valence-electron chi connectivity index (χ2n) is 5.45. The van der Waals surface area contributed by atoms with Gasteiger partial charge < -0.3 is 10.1 Å². The van der Waals surface area contributed by atoms with Gasteiger partial charge in [-0.05, 0) is 13.3 Å². The highest BCUT2D eigenvalue weighted by atomic mass is 16.5. The van der Waals surface area contributed by atoms with E-state index in [1.165, 1.54) is 0 Å². The SMILES string of the molecule is CCc1nc([C@H](C)NC(=O)c2cn[nH]c2[C@H]2CCOC2)n[nH]1. The molecule has 3 N–H and O–H groups in total. The van der Waals surface area contributed by atoms with Gasteiger partial charge in [-0.2, -0.15) is 10.2 Å². The fraction of sp³-hybridized carbons (Fsp3) is 0.571. The molecule has 1 fully saturated rings. The predicted octanol–water partition coefficient (Wildman–Crippen LogP) is 1.09. The maximum absolute atomic E-state index is 12.5. The molecule has 0 spiro atoms. The van der Waals surface area contributed by atoms with E-state index in [-0.39, 0.29) is 17.9 Å². The quantitative estimate of drug-likeness (QED) is 0.766. The molecule has 3 rings (SSSR count). The number of rotatable bonds is 5. The molecule has 22 heavy (non-hydrogen) atoms. The average Bonchev–Trinajstić information content (AvgIpc) is 3.25. The van der Waals surface area contributed by atoms with E-state index in [9.17, 15) is 4.79 Å². The fourth-order valence-corrected chi connectivity index (χ4v) is 2.55. The summed E-state index contributed by atoms with van der Waals surface area (Å²) < 4.78 is 5.38. The summed E-state index contributed by atoms with van der Waals surface area (Å²) in [4.78, 5) is 16.8. The van der Waals surface area contributed by atoms with Crippen molar-refractivity contribution in [1.82, 2.24) is 30.7 Å². The van der Waals surface area contributed by atoms with Crippen molar-refractivity contribution in [3.63, 3.8) is 0 Å². The van der Waals surface area contributed by atoms with Gasteiger partial charge in [-0.15, -0.1) is 0 Å². The van der Waals surface area contributed by atoms with Crippen LogP contribution in [0.1, 0.15) is 59.9 Å². The van der Waals surface area contributed by atoms with E-state index in [0.29, 0.717) is 18.0 Å². The number of carbonyl (C=O) groups excluding carboxylic acids is 1. The standard InChI is InChI=1S/C14H20N6O2/c1-3-11-17-13(20-18-11)8(2)16-14(21)10-6-15-19-12(10)9-4-5-22-7-9/h6,8-9H,3-5,7H2,1-2H3,(H,15,19)(H,16,21)(H,17,18,20)/t8-,9-/m0/s1. The largest absolute Gasteiger partial charge is 0.381 e. The first kappa shape index (κ1) is 14.7. The molecular weight excluding hydrogens is 284 g/mol. The second kappa shape index (κ2) is 6.27. The Kier molecular flexibility index (Phi) is 4.19. The van der Waals surface area contributed by atoms with Gasteiger partial charge in [0.2, 0.25) is 0 Å². The van der Waals surface area contributed by atoms with Crippen molar-refractivity contribution in [2.24, 2.45) is 0 Å². The van der Waals surface area contributed by atoms with Crippen LogP contribution in [0.3, 0.4) is 0 Å². The number of ether oxygens (including phenoxy) is 1. The smallest absolute Gasteiger partial charge is 0.255 e. The van der Waals surface area contributed by atoms with E-state index < -0.39 is 0 Å². The van der Waals surface area contributed by atoms with Crippen molar-refractivity contribution >= 4 is 5.91 Å². The van der Waals surface area contributed by atoms with E-state index in [4.69, 9.17) is 4.74 Å². The third kappa shape index (κ3) is 2.87. The molecule has 0 aliphatic carbocycles. The lowest BCUT2D eigenvalue weighted by Gasteiger charge is -2.12. The molecule has 0 bridgehead atoms. The van der Waals surface area contributed by atoms with Gasteiger partial charge in [-0.1, -0.05) is 6.92 Å². The number of aromatic amines is 2. The molecule has 2 aromatic rings. The Labute approximate surface area is 128 Å². The van der Waals surface area contributed by atoms with Crippen LogP contribution >= 0.6 is 0 Å². The van der Waals surface area contributed by atoms with Crippen molar-refractivity contribution < 1.29 is 9.53 Å². The number of hydrogen-bond donors (Lipinski definition) is 3. The normalized spacial score (nSPS) is 19.3. The lowest BCUT2D eigenvalue weighted by atomic mass is 10.0. The van der Waals surface area contributed by atoms with Crippen LogP contribution in [0.5, 0.6) is 0 Å². The molecule has 8 heteroatoms. The van der Waals surface area contributed by atoms with E-state index in [2.05, 4.69) is 30.7 Å². The van der Waals surface area contributed by atoms with Gasteiger partial charge in [0.05, 0.1) is 30.1 Å². The molecule has 1 aliphatic heterocycles. The summed E-state index contributed by atoms with van der Waals surface area (Å²) in [6, 6.07) is -0.272. The monoisotopic (exact) mass is 304 g/mol. The summed E-state index contributed by atoms with van der Waals surface area (Å²) in [5, 5.41) is 16.8. The summed E-state index contributed by atoms with van der Waals surface area (Å²) in [5.41, 5.74) is 1.40. The molecule has 0 aromatic carbocycles. The number of nitrogens with one attached hydrogen (secondary N) is 3. The Balaban J connectivity index is 1.70. The lowest BCUT2D eigenvalue weighted by Crippen LogP contribution is -2.28. The number of hydrogen-bond acceptors (Lipinski definition) is 5. The van der Waals surface area contributed by atoms with Gasteiger partial charge >= 0.3 is 0 Å². The first-order chi connectivity index (χ1) is 10.7. The molecule has 118 valence electrons. The van der Waals surface area contributed by atoms with Crippen LogP contribution in [-0.4, -0.2) is 44.5 Å². The van der Waals surface area contributed by atoms with Crippen molar-refractivity contribution in [2.45, 2.75) is 38.6 Å². The predicted molar refractivity (Wildman–Crippen MR) is 78.4 cm³/mol. The van der Waals surface area contributed by atoms with E-state index >= 15 is 0 Å². The van der Waals surface area contributed by atoms with E-state index in [1.807, 2.05) is 13.8 Å². The minimum Gasteiger partial charge on any atom is -0.381 e. The first-order valence-corrected chi connectivity index (χ1v) is 7.52. The number of aromatic nitrogens is 5. The summed E-state index contributed by atoms with van der Waals surface area (Å²) in [6.45, 7) is 5.20. The molecular formula is C14H20N6O2. The van der Waals surface area contributed by atoms with Gasteiger partial charge in [-0.25, -0.2) is 4.98 Å². The summed E-state index contributed by atoms with van der Waals surface area (Å²) >= 11 is 0. The summed E-state index contributed by atoms with van der Waals surface area (Å²) in [5.74, 6) is 1.42. The third-order valence-corrected chi connectivity index (χ3v) is 3.87. The maximum atomic E-state index is 12.5. The number of carbonyl (C=O) groups is 1. The van der Waals surface area contributed by atoms with Crippen molar-refractivity contribution in [3.8, 4) is 0 Å². The number of amides is 1. The van der Waals surface area contributed by atoms with Crippen LogP contribution in [0, 0.1) is 0 Å². The van der Waals surface area contributed by atoms with Crippen LogP contribution < -0.4 is 5.32 Å². The topological polar surface area (TPSA) is 109 Å². The van der Waals surface area contributed by atoms with Gasteiger partial charge in [0, 0.05) is 18.9 Å². The molecule has 2 aromatic heterocycles. The Morgan fingerprint density at radius 1 is 1.55 bits per heavy atom. The lowest BCUT2D eigenvalue weighted by molar-refractivity contribution is 0.0937. The van der Waals surface area contributed by atoms with Gasteiger partial charge in [-0.3, -0.25) is 15.0 Å². The van der Waals surface area contributed by atoms with Crippen LogP contribution in [0.4, 0.5) is 0 Å². The Bertz CT molecular complexity index is 643. The highest BCUT2D eigenvalue weighted by Crippen LogP contribution is 2.26.